The average Bonchev–Trinajstić information content (AvgIpc) is 3.04. The molecular formula is C14H18F3N3O3S. The van der Waals surface area contributed by atoms with Crippen LogP contribution in [0.25, 0.3) is 0 Å². The Morgan fingerprint density at radius 1 is 1.33 bits per heavy atom. The Hall–Kier alpha value is -1.65. The summed E-state index contributed by atoms with van der Waals surface area (Å²) in [6.07, 6.45) is -2.70. The normalized spacial score (nSPS) is 18.5. The minimum absolute atomic E-state index is 0.0537. The van der Waals surface area contributed by atoms with Crippen molar-refractivity contribution >= 4 is 15.9 Å². The Balaban J connectivity index is 2.03. The highest BCUT2D eigenvalue weighted by molar-refractivity contribution is 7.89. The molecule has 1 heterocycles. The molecule has 0 aliphatic carbocycles. The Morgan fingerprint density at radius 3 is 2.71 bits per heavy atom. The van der Waals surface area contributed by atoms with Crippen LogP contribution in [0.3, 0.4) is 0 Å². The average molecular weight is 365 g/mol. The minimum atomic E-state index is -4.53. The molecule has 3 N–H and O–H groups in total. The highest BCUT2D eigenvalue weighted by atomic mass is 32.2. The molecule has 1 atom stereocenters. The molecule has 134 valence electrons. The lowest BCUT2D eigenvalue weighted by Gasteiger charge is -2.13. The van der Waals surface area contributed by atoms with Gasteiger partial charge in [-0.15, -0.1) is 0 Å². The van der Waals surface area contributed by atoms with E-state index >= 15 is 0 Å². The van der Waals surface area contributed by atoms with Gasteiger partial charge in [0.05, 0.1) is 4.90 Å². The van der Waals surface area contributed by atoms with Gasteiger partial charge in [-0.2, -0.15) is 13.2 Å². The van der Waals surface area contributed by atoms with Crippen molar-refractivity contribution in [1.82, 2.24) is 15.4 Å². The fourth-order valence-electron chi connectivity index (χ4n) is 2.31. The first-order chi connectivity index (χ1) is 11.2. The molecule has 0 spiro atoms. The van der Waals surface area contributed by atoms with Gasteiger partial charge in [0.15, 0.2) is 0 Å². The van der Waals surface area contributed by atoms with Crippen LogP contribution in [0.4, 0.5) is 13.2 Å². The van der Waals surface area contributed by atoms with Crippen molar-refractivity contribution in [2.45, 2.75) is 30.0 Å². The number of hydrogen-bond donors (Lipinski definition) is 3. The summed E-state index contributed by atoms with van der Waals surface area (Å²) in [4.78, 5) is 11.5. The standard InChI is InChI=1S/C14H18F3N3O3S/c15-14(16,17)9-19-13(21)10-3-1-5-12(7-10)24(22,23)20-8-11-4-2-6-18-11/h1,3,5,7,11,18,20H,2,4,6,8-9H2,(H,19,21). The fraction of sp³-hybridized carbons (Fsp3) is 0.500. The highest BCUT2D eigenvalue weighted by Gasteiger charge is 2.28. The Labute approximate surface area is 137 Å². The molecule has 1 saturated heterocycles. The van der Waals surface area contributed by atoms with Crippen LogP contribution >= 0.6 is 0 Å². The molecule has 0 saturated carbocycles. The van der Waals surface area contributed by atoms with Crippen molar-refractivity contribution in [3.05, 3.63) is 29.8 Å². The Bertz CT molecular complexity index is 686. The molecule has 1 aliphatic heterocycles. The van der Waals surface area contributed by atoms with Crippen molar-refractivity contribution in [2.24, 2.45) is 0 Å². The summed E-state index contributed by atoms with van der Waals surface area (Å²) in [5.41, 5.74) is -0.152. The molecule has 1 aromatic carbocycles. The lowest BCUT2D eigenvalue weighted by molar-refractivity contribution is -0.123. The van der Waals surface area contributed by atoms with Gasteiger partial charge < -0.3 is 10.6 Å². The van der Waals surface area contributed by atoms with E-state index in [1.165, 1.54) is 18.2 Å². The first-order valence-electron chi connectivity index (χ1n) is 7.35. The number of sulfonamides is 1. The van der Waals surface area contributed by atoms with E-state index in [1.54, 1.807) is 5.32 Å². The van der Waals surface area contributed by atoms with Crippen molar-refractivity contribution < 1.29 is 26.4 Å². The topological polar surface area (TPSA) is 87.3 Å². The number of carbonyl (C=O) groups is 1. The first-order valence-corrected chi connectivity index (χ1v) is 8.84. The van der Waals surface area contributed by atoms with Gasteiger partial charge in [0, 0.05) is 18.2 Å². The quantitative estimate of drug-likeness (QED) is 0.702. The number of amides is 1. The van der Waals surface area contributed by atoms with Crippen LogP contribution in [-0.2, 0) is 10.0 Å². The zero-order valence-corrected chi connectivity index (χ0v) is 13.5. The van der Waals surface area contributed by atoms with Gasteiger partial charge in [-0.05, 0) is 37.6 Å². The Morgan fingerprint density at radius 2 is 2.08 bits per heavy atom. The van der Waals surface area contributed by atoms with Gasteiger partial charge >= 0.3 is 6.18 Å². The fourth-order valence-corrected chi connectivity index (χ4v) is 3.44. The lowest BCUT2D eigenvalue weighted by Crippen LogP contribution is -2.37. The third-order valence-electron chi connectivity index (χ3n) is 3.54. The molecule has 24 heavy (non-hydrogen) atoms. The zero-order chi connectivity index (χ0) is 17.8. The van der Waals surface area contributed by atoms with E-state index in [1.807, 2.05) is 0 Å². The SMILES string of the molecule is O=C(NCC(F)(F)F)c1cccc(S(=O)(=O)NCC2CCCN2)c1. The molecule has 10 heteroatoms. The molecule has 1 aliphatic rings. The van der Waals surface area contributed by atoms with Crippen LogP contribution in [0.5, 0.6) is 0 Å². The van der Waals surface area contributed by atoms with E-state index < -0.39 is 28.7 Å². The number of benzene rings is 1. The predicted octanol–water partition coefficient (Wildman–Crippen LogP) is 1.01. The predicted molar refractivity (Wildman–Crippen MR) is 81.0 cm³/mol. The van der Waals surface area contributed by atoms with E-state index in [0.29, 0.717) is 0 Å². The summed E-state index contributed by atoms with van der Waals surface area (Å²) in [6.45, 7) is -0.428. The molecule has 2 rings (SSSR count). The molecule has 0 aromatic heterocycles. The Kier molecular flexibility index (Phi) is 5.83. The van der Waals surface area contributed by atoms with Gasteiger partial charge in [0.2, 0.25) is 10.0 Å². The summed E-state index contributed by atoms with van der Waals surface area (Å²) in [7, 11) is -3.84. The van der Waals surface area contributed by atoms with Crippen molar-refractivity contribution in [1.29, 1.82) is 0 Å². The van der Waals surface area contributed by atoms with Crippen LogP contribution in [0, 0.1) is 0 Å². The molecule has 0 radical (unpaired) electrons. The maximum atomic E-state index is 12.2. The zero-order valence-electron chi connectivity index (χ0n) is 12.7. The van der Waals surface area contributed by atoms with Gasteiger partial charge in [-0.25, -0.2) is 13.1 Å². The maximum Gasteiger partial charge on any atom is 0.405 e. The molecule has 0 bridgehead atoms. The summed E-state index contributed by atoms with van der Waals surface area (Å²) in [6, 6.07) is 4.95. The largest absolute Gasteiger partial charge is 0.405 e. The van der Waals surface area contributed by atoms with Crippen molar-refractivity contribution in [3.8, 4) is 0 Å². The van der Waals surface area contributed by atoms with E-state index in [-0.39, 0.29) is 23.0 Å². The van der Waals surface area contributed by atoms with Crippen LogP contribution in [-0.4, -0.2) is 46.2 Å². The number of alkyl halides is 3. The second-order valence-corrected chi connectivity index (χ2v) is 7.24. The van der Waals surface area contributed by atoms with E-state index in [2.05, 4.69) is 10.0 Å². The number of carbonyl (C=O) groups excluding carboxylic acids is 1. The first kappa shape index (κ1) is 18.7. The van der Waals surface area contributed by atoms with Crippen LogP contribution in [0.15, 0.2) is 29.2 Å². The van der Waals surface area contributed by atoms with E-state index in [4.69, 9.17) is 0 Å². The van der Waals surface area contributed by atoms with Crippen molar-refractivity contribution in [3.63, 3.8) is 0 Å². The van der Waals surface area contributed by atoms with Gasteiger partial charge in [0.25, 0.3) is 5.91 Å². The number of halogens is 3. The number of nitrogens with one attached hydrogen (secondary N) is 3. The summed E-state index contributed by atoms with van der Waals surface area (Å²) in [5, 5.41) is 4.85. The van der Waals surface area contributed by atoms with Crippen LogP contribution in [0.2, 0.25) is 0 Å². The molecule has 1 unspecified atom stereocenters. The second kappa shape index (κ2) is 7.49. The molecule has 1 amide bonds. The van der Waals surface area contributed by atoms with Gasteiger partial charge in [-0.3, -0.25) is 4.79 Å². The van der Waals surface area contributed by atoms with Crippen molar-refractivity contribution in [2.75, 3.05) is 19.6 Å². The molecule has 1 fully saturated rings. The summed E-state index contributed by atoms with van der Waals surface area (Å²) < 4.78 is 63.3. The van der Waals surface area contributed by atoms with Crippen LogP contribution in [0.1, 0.15) is 23.2 Å². The van der Waals surface area contributed by atoms with Gasteiger partial charge in [-0.1, -0.05) is 6.07 Å². The monoisotopic (exact) mass is 365 g/mol. The second-order valence-electron chi connectivity index (χ2n) is 5.47. The summed E-state index contributed by atoms with van der Waals surface area (Å²) >= 11 is 0. The third-order valence-corrected chi connectivity index (χ3v) is 4.96. The highest BCUT2D eigenvalue weighted by Crippen LogP contribution is 2.15. The lowest BCUT2D eigenvalue weighted by atomic mass is 10.2. The summed E-state index contributed by atoms with van der Waals surface area (Å²) in [5.74, 6) is -0.984. The smallest absolute Gasteiger partial charge is 0.343 e. The molecular weight excluding hydrogens is 347 g/mol. The maximum absolute atomic E-state index is 12.2. The third kappa shape index (κ3) is 5.46. The van der Waals surface area contributed by atoms with Crippen LogP contribution < -0.4 is 15.4 Å². The molecule has 1 aromatic rings. The van der Waals surface area contributed by atoms with E-state index in [0.717, 1.165) is 25.5 Å². The molecule has 6 nitrogen and oxygen atoms in total. The minimum Gasteiger partial charge on any atom is -0.343 e. The number of hydrogen-bond acceptors (Lipinski definition) is 4. The number of rotatable bonds is 6. The van der Waals surface area contributed by atoms with E-state index in [9.17, 15) is 26.4 Å². The van der Waals surface area contributed by atoms with Gasteiger partial charge in [0.1, 0.15) is 6.54 Å².